The first-order valence-corrected chi connectivity index (χ1v) is 6.93. The molecule has 0 saturated heterocycles. The highest BCUT2D eigenvalue weighted by Crippen LogP contribution is 2.43. The van der Waals surface area contributed by atoms with Crippen molar-refractivity contribution in [3.63, 3.8) is 0 Å². The van der Waals surface area contributed by atoms with Gasteiger partial charge in [0.1, 0.15) is 0 Å². The fraction of sp³-hybridized carbons (Fsp3) is 0.800. The Bertz CT molecular complexity index is 330. The van der Waals surface area contributed by atoms with Crippen molar-refractivity contribution in [1.82, 2.24) is 10.9 Å². The number of rotatable bonds is 3. The lowest BCUT2D eigenvalue weighted by Crippen LogP contribution is -2.54. The minimum Gasteiger partial charge on any atom is -0.291 e. The van der Waals surface area contributed by atoms with Gasteiger partial charge in [-0.05, 0) is 52.4 Å². The van der Waals surface area contributed by atoms with Crippen LogP contribution in [0, 0.1) is 11.3 Å². The fourth-order valence-electron chi connectivity index (χ4n) is 2.83. The molecule has 1 aliphatic carbocycles. The maximum atomic E-state index is 12.5. The third-order valence-electron chi connectivity index (χ3n) is 3.67. The fourth-order valence-corrected chi connectivity index (χ4v) is 2.83. The molecule has 2 atom stereocenters. The third-order valence-corrected chi connectivity index (χ3v) is 3.67. The van der Waals surface area contributed by atoms with Crippen molar-refractivity contribution in [1.29, 1.82) is 0 Å². The number of hydrogen-bond donors (Lipinski definition) is 2. The first-order valence-electron chi connectivity index (χ1n) is 6.93. The van der Waals surface area contributed by atoms with Gasteiger partial charge in [0, 0.05) is 5.54 Å². The van der Waals surface area contributed by atoms with E-state index in [9.17, 15) is 4.79 Å². The van der Waals surface area contributed by atoms with Crippen molar-refractivity contribution >= 4 is 5.91 Å². The molecule has 3 nitrogen and oxygen atoms in total. The topological polar surface area (TPSA) is 41.1 Å². The van der Waals surface area contributed by atoms with Crippen LogP contribution in [0.15, 0.2) is 12.2 Å². The average Bonchev–Trinajstić information content (AvgIpc) is 2.23. The van der Waals surface area contributed by atoms with Gasteiger partial charge in [0.15, 0.2) is 0 Å². The molecule has 0 spiro atoms. The molecule has 1 aliphatic rings. The second-order valence-electron chi connectivity index (χ2n) is 6.90. The van der Waals surface area contributed by atoms with E-state index in [4.69, 9.17) is 0 Å². The van der Waals surface area contributed by atoms with Crippen LogP contribution in [0.1, 0.15) is 60.3 Å². The van der Waals surface area contributed by atoms with E-state index in [1.54, 1.807) is 0 Å². The third kappa shape index (κ3) is 3.84. The summed E-state index contributed by atoms with van der Waals surface area (Å²) in [6.07, 6.45) is 3.71. The van der Waals surface area contributed by atoms with Crippen LogP contribution in [0.25, 0.3) is 0 Å². The Morgan fingerprint density at radius 2 is 2.11 bits per heavy atom. The molecular formula is C15H28N2O. The van der Waals surface area contributed by atoms with Gasteiger partial charge in [-0.25, -0.2) is 5.43 Å². The maximum Gasteiger partial charge on any atom is 0.240 e. The Hall–Kier alpha value is -0.830. The molecular weight excluding hydrogens is 224 g/mol. The molecule has 1 fully saturated rings. The summed E-state index contributed by atoms with van der Waals surface area (Å²) in [5.41, 5.74) is 6.80. The predicted molar refractivity (Wildman–Crippen MR) is 75.9 cm³/mol. The summed E-state index contributed by atoms with van der Waals surface area (Å²) in [6, 6.07) is 0. The zero-order valence-corrected chi connectivity index (χ0v) is 12.5. The molecule has 0 bridgehead atoms. The van der Waals surface area contributed by atoms with E-state index < -0.39 is 0 Å². The van der Waals surface area contributed by atoms with Gasteiger partial charge in [-0.15, -0.1) is 0 Å². The maximum absolute atomic E-state index is 12.5. The van der Waals surface area contributed by atoms with Crippen molar-refractivity contribution in [2.75, 3.05) is 0 Å². The summed E-state index contributed by atoms with van der Waals surface area (Å²) in [6.45, 7) is 14.5. The van der Waals surface area contributed by atoms with Crippen molar-refractivity contribution in [2.45, 2.75) is 65.8 Å². The van der Waals surface area contributed by atoms with Crippen LogP contribution in [0.5, 0.6) is 0 Å². The molecule has 104 valence electrons. The highest BCUT2D eigenvalue weighted by Gasteiger charge is 2.41. The van der Waals surface area contributed by atoms with Crippen molar-refractivity contribution in [2.24, 2.45) is 11.3 Å². The minimum absolute atomic E-state index is 0.109. The number of nitrogens with one attached hydrogen (secondary N) is 2. The number of hydrogen-bond acceptors (Lipinski definition) is 2. The monoisotopic (exact) mass is 252 g/mol. The van der Waals surface area contributed by atoms with E-state index >= 15 is 0 Å². The number of carbonyl (C=O) groups is 1. The van der Waals surface area contributed by atoms with Gasteiger partial charge < -0.3 is 0 Å². The molecule has 1 saturated carbocycles. The second kappa shape index (κ2) is 5.43. The summed E-state index contributed by atoms with van der Waals surface area (Å²) in [4.78, 5) is 12.5. The summed E-state index contributed by atoms with van der Waals surface area (Å²) >= 11 is 0. The molecule has 2 N–H and O–H groups in total. The summed E-state index contributed by atoms with van der Waals surface area (Å²) < 4.78 is 0. The van der Waals surface area contributed by atoms with Crippen LogP contribution in [-0.4, -0.2) is 11.4 Å². The van der Waals surface area contributed by atoms with E-state index in [2.05, 4.69) is 31.3 Å². The Labute approximate surface area is 111 Å². The Kier molecular flexibility index (Phi) is 4.60. The molecule has 0 heterocycles. The standard InChI is InChI=1S/C15H28N2O/c1-7-15(9-11(2)8-12(3)10-15)13(18)16-17-14(4,5)6/h12,17H,2,7-10H2,1,3-6H3,(H,16,18). The molecule has 0 radical (unpaired) electrons. The SMILES string of the molecule is C=C1CC(C)CC(CC)(C(=O)NNC(C)(C)C)C1. The molecule has 0 aromatic heterocycles. The number of hydrazine groups is 1. The van der Waals surface area contributed by atoms with Gasteiger partial charge in [0.25, 0.3) is 0 Å². The smallest absolute Gasteiger partial charge is 0.240 e. The number of amides is 1. The van der Waals surface area contributed by atoms with Gasteiger partial charge in [-0.3, -0.25) is 10.2 Å². The zero-order chi connectivity index (χ0) is 14.0. The Balaban J connectivity index is 2.74. The zero-order valence-electron chi connectivity index (χ0n) is 12.5. The number of carbonyl (C=O) groups excluding carboxylic acids is 1. The lowest BCUT2D eigenvalue weighted by molar-refractivity contribution is -0.134. The first-order chi connectivity index (χ1) is 8.18. The Morgan fingerprint density at radius 3 is 2.56 bits per heavy atom. The van der Waals surface area contributed by atoms with E-state index in [-0.39, 0.29) is 16.9 Å². The largest absolute Gasteiger partial charge is 0.291 e. The van der Waals surface area contributed by atoms with Gasteiger partial charge in [0.2, 0.25) is 5.91 Å². The van der Waals surface area contributed by atoms with Crippen LogP contribution in [0.3, 0.4) is 0 Å². The van der Waals surface area contributed by atoms with Crippen molar-refractivity contribution in [3.05, 3.63) is 12.2 Å². The van der Waals surface area contributed by atoms with Gasteiger partial charge >= 0.3 is 0 Å². The quantitative estimate of drug-likeness (QED) is 0.598. The number of allylic oxidation sites excluding steroid dienone is 1. The molecule has 3 heteroatoms. The van der Waals surface area contributed by atoms with Crippen LogP contribution in [0.4, 0.5) is 0 Å². The molecule has 0 aromatic rings. The summed E-state index contributed by atoms with van der Waals surface area (Å²) in [5.74, 6) is 0.666. The lowest BCUT2D eigenvalue weighted by atomic mass is 9.66. The van der Waals surface area contributed by atoms with Gasteiger partial charge in [0.05, 0.1) is 5.41 Å². The van der Waals surface area contributed by atoms with E-state index in [0.29, 0.717) is 5.92 Å². The van der Waals surface area contributed by atoms with Crippen molar-refractivity contribution in [3.8, 4) is 0 Å². The predicted octanol–water partition coefficient (Wildman–Crippen LogP) is 3.18. The summed E-state index contributed by atoms with van der Waals surface area (Å²) in [7, 11) is 0. The van der Waals surface area contributed by atoms with Gasteiger partial charge in [-0.1, -0.05) is 26.0 Å². The molecule has 1 rings (SSSR count). The minimum atomic E-state index is -0.271. The lowest BCUT2D eigenvalue weighted by Gasteiger charge is -2.39. The molecule has 1 amide bonds. The normalized spacial score (nSPS) is 29.2. The molecule has 0 aromatic carbocycles. The summed E-state index contributed by atoms with van der Waals surface area (Å²) in [5, 5.41) is 0. The van der Waals surface area contributed by atoms with Crippen LogP contribution < -0.4 is 10.9 Å². The molecule has 18 heavy (non-hydrogen) atoms. The second-order valence-corrected chi connectivity index (χ2v) is 6.90. The van der Waals surface area contributed by atoms with E-state index in [0.717, 1.165) is 25.7 Å². The van der Waals surface area contributed by atoms with E-state index in [1.807, 2.05) is 20.8 Å². The molecule has 2 unspecified atom stereocenters. The van der Waals surface area contributed by atoms with Crippen LogP contribution >= 0.6 is 0 Å². The highest BCUT2D eigenvalue weighted by atomic mass is 16.2. The Morgan fingerprint density at radius 1 is 1.50 bits per heavy atom. The highest BCUT2D eigenvalue weighted by molar-refractivity contribution is 5.82. The van der Waals surface area contributed by atoms with Crippen LogP contribution in [0.2, 0.25) is 0 Å². The van der Waals surface area contributed by atoms with E-state index in [1.165, 1.54) is 5.57 Å². The van der Waals surface area contributed by atoms with Crippen molar-refractivity contribution < 1.29 is 4.79 Å². The first kappa shape index (κ1) is 15.2. The van der Waals surface area contributed by atoms with Crippen LogP contribution in [-0.2, 0) is 4.79 Å². The average molecular weight is 252 g/mol. The van der Waals surface area contributed by atoms with Gasteiger partial charge in [-0.2, -0.15) is 0 Å². The molecule has 0 aliphatic heterocycles.